The zero-order valence-electron chi connectivity index (χ0n) is 13.1. The summed E-state index contributed by atoms with van der Waals surface area (Å²) in [5.41, 5.74) is 0. The zero-order chi connectivity index (χ0) is 15.1. The first-order chi connectivity index (χ1) is 10.2. The van der Waals surface area contributed by atoms with Crippen molar-refractivity contribution in [3.8, 4) is 0 Å². The first-order valence-electron chi connectivity index (χ1n) is 7.63. The summed E-state index contributed by atoms with van der Waals surface area (Å²) >= 11 is 1.86. The van der Waals surface area contributed by atoms with E-state index < -0.39 is 0 Å². The molecular formula is C17H23N3S. The van der Waals surface area contributed by atoms with Crippen molar-refractivity contribution in [2.75, 3.05) is 0 Å². The lowest BCUT2D eigenvalue weighted by Gasteiger charge is -1.97. The van der Waals surface area contributed by atoms with Gasteiger partial charge in [0.2, 0.25) is 0 Å². The maximum atomic E-state index is 4.32. The lowest BCUT2D eigenvalue weighted by molar-refractivity contribution is 0.670. The molecule has 21 heavy (non-hydrogen) atoms. The highest BCUT2D eigenvalue weighted by atomic mass is 32.1. The van der Waals surface area contributed by atoms with Crippen LogP contribution in [0, 0.1) is 13.8 Å². The standard InChI is InChI=1S/C17H23N3S/c1-4-5-6-7-8-15-9-10-16(21-15)11-12-17-19-13(2)18-14(3)20-17/h9-12H,4-8H2,1-3H3. The molecule has 112 valence electrons. The molecule has 0 aliphatic carbocycles. The molecule has 0 spiro atoms. The van der Waals surface area contributed by atoms with Crippen LogP contribution in [0.3, 0.4) is 0 Å². The first kappa shape index (κ1) is 15.8. The van der Waals surface area contributed by atoms with Crippen molar-refractivity contribution in [1.82, 2.24) is 15.0 Å². The smallest absolute Gasteiger partial charge is 0.156 e. The quantitative estimate of drug-likeness (QED) is 0.687. The van der Waals surface area contributed by atoms with E-state index in [1.807, 2.05) is 31.3 Å². The summed E-state index contributed by atoms with van der Waals surface area (Å²) in [7, 11) is 0. The van der Waals surface area contributed by atoms with Crippen molar-refractivity contribution < 1.29 is 0 Å². The first-order valence-corrected chi connectivity index (χ1v) is 8.45. The van der Waals surface area contributed by atoms with E-state index in [0.29, 0.717) is 0 Å². The molecule has 2 rings (SSSR count). The molecule has 0 bridgehead atoms. The minimum absolute atomic E-state index is 0.734. The Morgan fingerprint density at radius 1 is 0.952 bits per heavy atom. The third-order valence-corrected chi connectivity index (χ3v) is 4.34. The molecule has 0 saturated carbocycles. The van der Waals surface area contributed by atoms with Crippen LogP contribution in [0.1, 0.15) is 59.8 Å². The predicted octanol–water partition coefficient (Wildman–Crippen LogP) is 4.84. The molecule has 0 unspecified atom stereocenters. The second-order valence-electron chi connectivity index (χ2n) is 5.24. The van der Waals surface area contributed by atoms with Crippen LogP contribution in [0.4, 0.5) is 0 Å². The summed E-state index contributed by atoms with van der Waals surface area (Å²) in [6, 6.07) is 4.41. The largest absolute Gasteiger partial charge is 0.219 e. The Morgan fingerprint density at radius 3 is 2.43 bits per heavy atom. The molecule has 0 radical (unpaired) electrons. The maximum absolute atomic E-state index is 4.32. The van der Waals surface area contributed by atoms with E-state index in [2.05, 4.69) is 40.1 Å². The Labute approximate surface area is 131 Å². The number of aryl methyl sites for hydroxylation is 3. The summed E-state index contributed by atoms with van der Waals surface area (Å²) in [5, 5.41) is 0. The summed E-state index contributed by atoms with van der Waals surface area (Å²) in [6.07, 6.45) is 10.5. The van der Waals surface area contributed by atoms with Crippen molar-refractivity contribution in [1.29, 1.82) is 0 Å². The van der Waals surface area contributed by atoms with Crippen LogP contribution in [0.15, 0.2) is 12.1 Å². The second kappa shape index (κ2) is 8.03. The Hall–Kier alpha value is -1.55. The molecule has 0 amide bonds. The number of nitrogens with zero attached hydrogens (tertiary/aromatic N) is 3. The van der Waals surface area contributed by atoms with Gasteiger partial charge in [0.15, 0.2) is 5.82 Å². The van der Waals surface area contributed by atoms with Crippen molar-refractivity contribution in [2.45, 2.75) is 52.9 Å². The van der Waals surface area contributed by atoms with Crippen LogP contribution in [-0.2, 0) is 6.42 Å². The number of unbranched alkanes of at least 4 members (excludes halogenated alkanes) is 3. The van der Waals surface area contributed by atoms with Crippen molar-refractivity contribution in [3.63, 3.8) is 0 Å². The van der Waals surface area contributed by atoms with Gasteiger partial charge in [-0.05, 0) is 51.0 Å². The van der Waals surface area contributed by atoms with Crippen molar-refractivity contribution in [2.24, 2.45) is 0 Å². The van der Waals surface area contributed by atoms with Crippen molar-refractivity contribution in [3.05, 3.63) is 39.4 Å². The molecule has 2 aromatic heterocycles. The number of hydrogen-bond donors (Lipinski definition) is 0. The summed E-state index contributed by atoms with van der Waals surface area (Å²) in [4.78, 5) is 15.6. The van der Waals surface area contributed by atoms with E-state index >= 15 is 0 Å². The molecule has 2 aromatic rings. The topological polar surface area (TPSA) is 38.7 Å². The van der Waals surface area contributed by atoms with E-state index in [9.17, 15) is 0 Å². The Kier molecular flexibility index (Phi) is 6.05. The predicted molar refractivity (Wildman–Crippen MR) is 90.4 cm³/mol. The van der Waals surface area contributed by atoms with Gasteiger partial charge in [-0.3, -0.25) is 0 Å². The average molecular weight is 301 g/mol. The fraction of sp³-hybridized carbons (Fsp3) is 0.471. The van der Waals surface area contributed by atoms with E-state index in [1.165, 1.54) is 41.9 Å². The molecule has 0 saturated heterocycles. The third-order valence-electron chi connectivity index (χ3n) is 3.23. The van der Waals surface area contributed by atoms with Gasteiger partial charge >= 0.3 is 0 Å². The van der Waals surface area contributed by atoms with Crippen LogP contribution >= 0.6 is 11.3 Å². The molecule has 0 aliphatic rings. The van der Waals surface area contributed by atoms with Crippen molar-refractivity contribution >= 4 is 23.5 Å². The van der Waals surface area contributed by atoms with Gasteiger partial charge in [0, 0.05) is 9.75 Å². The fourth-order valence-corrected chi connectivity index (χ4v) is 3.17. The molecular weight excluding hydrogens is 278 g/mol. The van der Waals surface area contributed by atoms with Gasteiger partial charge in [-0.25, -0.2) is 15.0 Å². The normalized spacial score (nSPS) is 11.4. The van der Waals surface area contributed by atoms with E-state index in [-0.39, 0.29) is 0 Å². The highest BCUT2D eigenvalue weighted by Crippen LogP contribution is 2.21. The summed E-state index contributed by atoms with van der Waals surface area (Å²) < 4.78 is 0. The van der Waals surface area contributed by atoms with Gasteiger partial charge in [-0.2, -0.15) is 0 Å². The number of hydrogen-bond acceptors (Lipinski definition) is 4. The SMILES string of the molecule is CCCCCCc1ccc(C=Cc2nc(C)nc(C)n2)s1. The van der Waals surface area contributed by atoms with Gasteiger partial charge in [0.1, 0.15) is 11.6 Å². The third kappa shape index (κ3) is 5.38. The monoisotopic (exact) mass is 301 g/mol. The number of aromatic nitrogens is 3. The minimum atomic E-state index is 0.734. The lowest BCUT2D eigenvalue weighted by Crippen LogP contribution is -1.97. The second-order valence-corrected chi connectivity index (χ2v) is 6.44. The van der Waals surface area contributed by atoms with E-state index in [1.54, 1.807) is 0 Å². The lowest BCUT2D eigenvalue weighted by atomic mass is 10.1. The summed E-state index contributed by atoms with van der Waals surface area (Å²) in [5.74, 6) is 2.27. The van der Waals surface area contributed by atoms with Crippen LogP contribution < -0.4 is 0 Å². The Morgan fingerprint density at radius 2 is 1.71 bits per heavy atom. The number of rotatable bonds is 7. The van der Waals surface area contributed by atoms with E-state index in [0.717, 1.165) is 17.5 Å². The Balaban J connectivity index is 1.93. The van der Waals surface area contributed by atoms with Gasteiger partial charge in [0.25, 0.3) is 0 Å². The molecule has 0 atom stereocenters. The van der Waals surface area contributed by atoms with Gasteiger partial charge < -0.3 is 0 Å². The zero-order valence-corrected chi connectivity index (χ0v) is 13.9. The maximum Gasteiger partial charge on any atom is 0.156 e. The molecule has 0 aliphatic heterocycles. The van der Waals surface area contributed by atoms with Crippen LogP contribution in [0.2, 0.25) is 0 Å². The minimum Gasteiger partial charge on any atom is -0.219 e. The number of thiophene rings is 1. The Bertz CT molecular complexity index is 582. The molecule has 0 aromatic carbocycles. The molecule has 3 nitrogen and oxygen atoms in total. The highest BCUT2D eigenvalue weighted by Gasteiger charge is 2.00. The molecule has 2 heterocycles. The summed E-state index contributed by atoms with van der Waals surface area (Å²) in [6.45, 7) is 6.04. The highest BCUT2D eigenvalue weighted by molar-refractivity contribution is 7.12. The van der Waals surface area contributed by atoms with Gasteiger partial charge in [-0.1, -0.05) is 26.2 Å². The average Bonchev–Trinajstić information content (AvgIpc) is 2.88. The molecule has 4 heteroatoms. The van der Waals surface area contributed by atoms with Crippen LogP contribution in [0.5, 0.6) is 0 Å². The van der Waals surface area contributed by atoms with Crippen LogP contribution in [-0.4, -0.2) is 15.0 Å². The fourth-order valence-electron chi connectivity index (χ4n) is 2.22. The van der Waals surface area contributed by atoms with Gasteiger partial charge in [-0.15, -0.1) is 11.3 Å². The van der Waals surface area contributed by atoms with Gasteiger partial charge in [0.05, 0.1) is 0 Å². The molecule has 0 fully saturated rings. The van der Waals surface area contributed by atoms with E-state index in [4.69, 9.17) is 0 Å². The van der Waals surface area contributed by atoms with Crippen LogP contribution in [0.25, 0.3) is 12.2 Å². The molecule has 0 N–H and O–H groups in total.